The second-order valence-electron chi connectivity index (χ2n) is 6.72. The highest BCUT2D eigenvalue weighted by atomic mass is 35.5. The Morgan fingerprint density at radius 3 is 2.67 bits per heavy atom. The van der Waals surface area contributed by atoms with Gasteiger partial charge in [0.1, 0.15) is 5.82 Å². The molecule has 2 aromatic carbocycles. The van der Waals surface area contributed by atoms with Crippen LogP contribution in [0.5, 0.6) is 0 Å². The first-order chi connectivity index (χ1) is 14.5. The van der Waals surface area contributed by atoms with Crippen LogP contribution in [0.4, 0.5) is 4.39 Å². The van der Waals surface area contributed by atoms with E-state index in [1.165, 1.54) is 36.2 Å². The zero-order valence-corrected chi connectivity index (χ0v) is 16.8. The van der Waals surface area contributed by atoms with Gasteiger partial charge in [0, 0.05) is 18.7 Å². The van der Waals surface area contributed by atoms with Crippen LogP contribution in [0.2, 0.25) is 5.02 Å². The van der Waals surface area contributed by atoms with E-state index in [1.807, 2.05) is 12.1 Å². The first kappa shape index (κ1) is 20.1. The van der Waals surface area contributed by atoms with Crippen LogP contribution in [0.3, 0.4) is 0 Å². The number of hydrogen-bond acceptors (Lipinski definition) is 4. The molecule has 2 heterocycles. The van der Waals surface area contributed by atoms with Crippen LogP contribution >= 0.6 is 11.6 Å². The first-order valence-electron chi connectivity index (χ1n) is 9.19. The quantitative estimate of drug-likeness (QED) is 0.473. The van der Waals surface area contributed by atoms with Gasteiger partial charge in [-0.15, -0.1) is 0 Å². The topological polar surface area (TPSA) is 71.1 Å². The van der Waals surface area contributed by atoms with Crippen LogP contribution in [0, 0.1) is 5.82 Å². The van der Waals surface area contributed by atoms with Crippen molar-refractivity contribution in [2.24, 2.45) is 0 Å². The van der Waals surface area contributed by atoms with Gasteiger partial charge in [0.15, 0.2) is 11.2 Å². The number of benzene rings is 2. The van der Waals surface area contributed by atoms with Crippen LogP contribution in [0.1, 0.15) is 5.56 Å². The molecule has 0 saturated heterocycles. The summed E-state index contributed by atoms with van der Waals surface area (Å²) < 4.78 is 22.9. The van der Waals surface area contributed by atoms with Crippen LogP contribution < -0.4 is 11.2 Å². The third-order valence-electron chi connectivity index (χ3n) is 4.73. The minimum absolute atomic E-state index is 0.0573. The van der Waals surface area contributed by atoms with E-state index in [9.17, 15) is 14.0 Å². The Hall–Kier alpha value is -3.23. The minimum Gasteiger partial charge on any atom is -0.383 e. The van der Waals surface area contributed by atoms with Crippen molar-refractivity contribution in [2.45, 2.75) is 13.1 Å². The normalized spacial score (nSPS) is 11.3. The molecule has 0 N–H and O–H groups in total. The van der Waals surface area contributed by atoms with Crippen molar-refractivity contribution in [1.82, 2.24) is 18.7 Å². The van der Waals surface area contributed by atoms with Gasteiger partial charge in [0.25, 0.3) is 5.56 Å². The van der Waals surface area contributed by atoms with Crippen LogP contribution in [0.25, 0.3) is 16.9 Å². The Morgan fingerprint density at radius 2 is 1.93 bits per heavy atom. The molecule has 0 saturated carbocycles. The van der Waals surface area contributed by atoms with E-state index in [-0.39, 0.29) is 30.0 Å². The van der Waals surface area contributed by atoms with Gasteiger partial charge in [-0.3, -0.25) is 9.36 Å². The fraction of sp³-hybridized carbons (Fsp3) is 0.190. The number of aromatic nitrogens is 4. The highest BCUT2D eigenvalue weighted by Gasteiger charge is 2.19. The summed E-state index contributed by atoms with van der Waals surface area (Å²) >= 11 is 6.07. The molecule has 0 unspecified atom stereocenters. The number of ether oxygens (including phenoxy) is 1. The van der Waals surface area contributed by atoms with Gasteiger partial charge in [0.2, 0.25) is 0 Å². The predicted molar refractivity (Wildman–Crippen MR) is 112 cm³/mol. The van der Waals surface area contributed by atoms with Gasteiger partial charge in [-0.2, -0.15) is 0 Å². The number of halogens is 2. The van der Waals surface area contributed by atoms with Crippen LogP contribution in [0.15, 0.2) is 64.4 Å². The fourth-order valence-corrected chi connectivity index (χ4v) is 3.57. The summed E-state index contributed by atoms with van der Waals surface area (Å²) in [6, 6.07) is 12.8. The third kappa shape index (κ3) is 3.67. The molecule has 9 heteroatoms. The molecule has 0 aliphatic rings. The fourth-order valence-electron chi connectivity index (χ4n) is 3.36. The first-order valence-corrected chi connectivity index (χ1v) is 9.57. The molecule has 154 valence electrons. The second-order valence-corrected chi connectivity index (χ2v) is 7.16. The maximum Gasteiger partial charge on any atom is 0.337 e. The Labute approximate surface area is 175 Å². The molecular formula is C21H18ClFN4O3. The Morgan fingerprint density at radius 1 is 1.13 bits per heavy atom. The van der Waals surface area contributed by atoms with Crippen molar-refractivity contribution in [1.29, 1.82) is 0 Å². The molecule has 0 radical (unpaired) electrons. The van der Waals surface area contributed by atoms with E-state index in [0.717, 1.165) is 10.1 Å². The molecule has 2 aromatic heterocycles. The molecule has 0 atom stereocenters. The van der Waals surface area contributed by atoms with Crippen molar-refractivity contribution < 1.29 is 9.13 Å². The lowest BCUT2D eigenvalue weighted by atomic mass is 10.2. The van der Waals surface area contributed by atoms with Crippen molar-refractivity contribution in [2.75, 3.05) is 13.7 Å². The summed E-state index contributed by atoms with van der Waals surface area (Å²) in [6.07, 6.45) is 1.49. The number of rotatable bonds is 6. The zero-order valence-electron chi connectivity index (χ0n) is 16.1. The lowest BCUT2D eigenvalue weighted by molar-refractivity contribution is 0.184. The second kappa shape index (κ2) is 8.25. The number of imidazole rings is 1. The molecule has 0 amide bonds. The van der Waals surface area contributed by atoms with Gasteiger partial charge in [-0.25, -0.2) is 18.7 Å². The molecule has 0 bridgehead atoms. The number of hydrogen-bond donors (Lipinski definition) is 0. The molecule has 0 aliphatic heterocycles. The van der Waals surface area contributed by atoms with E-state index in [2.05, 4.69) is 4.98 Å². The average molecular weight is 429 g/mol. The van der Waals surface area contributed by atoms with Crippen molar-refractivity contribution in [3.05, 3.63) is 92.1 Å². The Bertz CT molecular complexity index is 1340. The number of methoxy groups -OCH3 is 1. The summed E-state index contributed by atoms with van der Waals surface area (Å²) in [5.74, 6) is -0.499. The van der Waals surface area contributed by atoms with Gasteiger partial charge >= 0.3 is 5.69 Å². The highest BCUT2D eigenvalue weighted by molar-refractivity contribution is 6.30. The standard InChI is InChI=1S/C21H18ClFN4O3/c1-30-9-8-26-20(28)18-19(27(21(26)29)17-7-3-6-16(23)11-17)24-13-25(18)12-14-4-2-5-15(22)10-14/h2-7,10-11,13H,8-9,12H2,1H3. The van der Waals surface area contributed by atoms with E-state index in [0.29, 0.717) is 11.6 Å². The summed E-state index contributed by atoms with van der Waals surface area (Å²) in [5.41, 5.74) is 0.445. The molecular weight excluding hydrogens is 411 g/mol. The summed E-state index contributed by atoms with van der Waals surface area (Å²) in [4.78, 5) is 30.6. The van der Waals surface area contributed by atoms with E-state index < -0.39 is 17.1 Å². The maximum atomic E-state index is 13.9. The van der Waals surface area contributed by atoms with Gasteiger partial charge < -0.3 is 9.30 Å². The average Bonchev–Trinajstić information content (AvgIpc) is 3.11. The van der Waals surface area contributed by atoms with Crippen molar-refractivity contribution >= 4 is 22.8 Å². The van der Waals surface area contributed by atoms with E-state index >= 15 is 0 Å². The monoisotopic (exact) mass is 428 g/mol. The van der Waals surface area contributed by atoms with Crippen LogP contribution in [-0.4, -0.2) is 32.4 Å². The zero-order chi connectivity index (χ0) is 21.3. The largest absolute Gasteiger partial charge is 0.383 e. The third-order valence-corrected chi connectivity index (χ3v) is 4.96. The van der Waals surface area contributed by atoms with Gasteiger partial charge in [0.05, 0.1) is 25.2 Å². The summed E-state index contributed by atoms with van der Waals surface area (Å²) in [5, 5.41) is 0.575. The number of nitrogens with zero attached hydrogens (tertiary/aromatic N) is 4. The van der Waals surface area contributed by atoms with Crippen molar-refractivity contribution in [3.63, 3.8) is 0 Å². The molecule has 0 spiro atoms. The molecule has 30 heavy (non-hydrogen) atoms. The molecule has 4 aromatic rings. The van der Waals surface area contributed by atoms with E-state index in [4.69, 9.17) is 16.3 Å². The Balaban J connectivity index is 1.98. The van der Waals surface area contributed by atoms with Crippen LogP contribution in [-0.2, 0) is 17.8 Å². The maximum absolute atomic E-state index is 13.9. The van der Waals surface area contributed by atoms with Gasteiger partial charge in [-0.1, -0.05) is 29.8 Å². The van der Waals surface area contributed by atoms with Crippen molar-refractivity contribution in [3.8, 4) is 5.69 Å². The van der Waals surface area contributed by atoms with Gasteiger partial charge in [-0.05, 0) is 35.9 Å². The predicted octanol–water partition coefficient (Wildman–Crippen LogP) is 2.84. The lowest BCUT2D eigenvalue weighted by Gasteiger charge is -2.13. The highest BCUT2D eigenvalue weighted by Crippen LogP contribution is 2.17. The van der Waals surface area contributed by atoms with E-state index in [1.54, 1.807) is 22.8 Å². The summed E-state index contributed by atoms with van der Waals surface area (Å²) in [6.45, 7) is 0.561. The number of fused-ring (bicyclic) bond motifs is 1. The molecule has 0 fully saturated rings. The smallest absolute Gasteiger partial charge is 0.337 e. The Kier molecular flexibility index (Phi) is 5.52. The summed E-state index contributed by atoms with van der Waals surface area (Å²) in [7, 11) is 1.48. The minimum atomic E-state index is -0.608. The SMILES string of the molecule is COCCn1c(=O)c2c(ncn2Cc2cccc(Cl)c2)n(-c2cccc(F)c2)c1=O. The molecule has 0 aliphatic carbocycles. The molecule has 7 nitrogen and oxygen atoms in total. The molecule has 4 rings (SSSR count). The lowest BCUT2D eigenvalue weighted by Crippen LogP contribution is -2.41.